The number of hydrogen-bond donors (Lipinski definition) is 3. The molecule has 1 aromatic heterocycles. The number of ether oxygens (including phenoxy) is 1. The Morgan fingerprint density at radius 2 is 1.56 bits per heavy atom. The predicted molar refractivity (Wildman–Crippen MR) is 101 cm³/mol. The van der Waals surface area contributed by atoms with Gasteiger partial charge in [-0.25, -0.2) is 0 Å². The fourth-order valence-electron chi connectivity index (χ4n) is 4.81. The number of rotatable bonds is 2. The molecule has 3 heterocycles. The standard InChI is InChI=1S/C22H18N2O3/c1-23-20-13-5-3-2-4-12(13)15-10-11(6-7-14(15)20)24-21(25)18-16-8-9-17(27-16)19(18)22(24)26/h2-10,16-17,20,23,25-26H,1H3. The largest absolute Gasteiger partial charge is 0.494 e. The zero-order valence-electron chi connectivity index (χ0n) is 14.7. The number of nitrogens with one attached hydrogen (secondary N) is 1. The summed E-state index contributed by atoms with van der Waals surface area (Å²) in [6, 6.07) is 14.5. The van der Waals surface area contributed by atoms with Crippen molar-refractivity contribution in [3.05, 3.63) is 76.9 Å². The smallest absolute Gasteiger partial charge is 0.205 e. The minimum absolute atomic E-state index is 0.0516. The molecule has 0 radical (unpaired) electrons. The van der Waals surface area contributed by atoms with Gasteiger partial charge in [-0.1, -0.05) is 42.5 Å². The predicted octanol–water partition coefficient (Wildman–Crippen LogP) is 3.86. The molecule has 5 nitrogen and oxygen atoms in total. The maximum absolute atomic E-state index is 10.8. The SMILES string of the molecule is CNC1c2ccccc2-c2cc(-n3c(O)c4c(c3O)C3C=CC4O3)ccc21. The molecule has 2 aromatic carbocycles. The zero-order chi connectivity index (χ0) is 18.3. The second-order valence-corrected chi connectivity index (χ2v) is 7.25. The number of fused-ring (bicyclic) bond motifs is 8. The van der Waals surface area contributed by atoms with Gasteiger partial charge in [-0.15, -0.1) is 0 Å². The van der Waals surface area contributed by atoms with E-state index in [0.717, 1.165) is 11.3 Å². The summed E-state index contributed by atoms with van der Waals surface area (Å²) in [4.78, 5) is 0. The van der Waals surface area contributed by atoms with Gasteiger partial charge in [0.1, 0.15) is 12.2 Å². The maximum atomic E-state index is 10.8. The molecular weight excluding hydrogens is 340 g/mol. The van der Waals surface area contributed by atoms with E-state index in [1.807, 2.05) is 43.5 Å². The van der Waals surface area contributed by atoms with Crippen LogP contribution in [0.4, 0.5) is 0 Å². The molecule has 27 heavy (non-hydrogen) atoms. The Balaban J connectivity index is 1.56. The van der Waals surface area contributed by atoms with Crippen LogP contribution in [0.2, 0.25) is 0 Å². The summed E-state index contributed by atoms with van der Waals surface area (Å²) in [6.45, 7) is 0. The maximum Gasteiger partial charge on any atom is 0.205 e. The molecule has 2 aliphatic heterocycles. The molecule has 3 unspecified atom stereocenters. The molecule has 3 N–H and O–H groups in total. The summed E-state index contributed by atoms with van der Waals surface area (Å²) >= 11 is 0. The van der Waals surface area contributed by atoms with E-state index in [-0.39, 0.29) is 30.0 Å². The van der Waals surface area contributed by atoms with Crippen LogP contribution in [-0.4, -0.2) is 21.8 Å². The molecule has 2 bridgehead atoms. The minimum Gasteiger partial charge on any atom is -0.494 e. The van der Waals surface area contributed by atoms with Crippen LogP contribution in [0.3, 0.4) is 0 Å². The van der Waals surface area contributed by atoms with Crippen molar-refractivity contribution < 1.29 is 14.9 Å². The molecule has 6 rings (SSSR count). The zero-order valence-corrected chi connectivity index (χ0v) is 14.7. The first-order valence-corrected chi connectivity index (χ1v) is 9.10. The minimum atomic E-state index is -0.277. The van der Waals surface area contributed by atoms with Crippen molar-refractivity contribution in [2.24, 2.45) is 0 Å². The van der Waals surface area contributed by atoms with E-state index in [1.54, 1.807) is 0 Å². The van der Waals surface area contributed by atoms with E-state index >= 15 is 0 Å². The quantitative estimate of drug-likeness (QED) is 0.609. The van der Waals surface area contributed by atoms with E-state index in [9.17, 15) is 10.2 Å². The summed E-state index contributed by atoms with van der Waals surface area (Å²) in [5.74, 6) is 0.103. The fourth-order valence-corrected chi connectivity index (χ4v) is 4.81. The molecule has 0 amide bonds. The fraction of sp³-hybridized carbons (Fsp3) is 0.182. The highest BCUT2D eigenvalue weighted by molar-refractivity contribution is 5.80. The Morgan fingerprint density at radius 1 is 0.889 bits per heavy atom. The number of benzene rings is 2. The van der Waals surface area contributed by atoms with Crippen LogP contribution >= 0.6 is 0 Å². The van der Waals surface area contributed by atoms with E-state index in [0.29, 0.717) is 11.1 Å². The van der Waals surface area contributed by atoms with Crippen molar-refractivity contribution in [3.8, 4) is 28.6 Å². The third-order valence-corrected chi connectivity index (χ3v) is 5.98. The van der Waals surface area contributed by atoms with E-state index in [2.05, 4.69) is 23.5 Å². The van der Waals surface area contributed by atoms with Crippen LogP contribution in [0.1, 0.15) is 40.5 Å². The first-order valence-electron chi connectivity index (χ1n) is 9.10. The van der Waals surface area contributed by atoms with Gasteiger partial charge in [0.15, 0.2) is 0 Å². The average molecular weight is 358 g/mol. The summed E-state index contributed by atoms with van der Waals surface area (Å²) in [6.07, 6.45) is 3.29. The molecule has 5 heteroatoms. The van der Waals surface area contributed by atoms with Crippen LogP contribution in [0.15, 0.2) is 54.6 Å². The van der Waals surface area contributed by atoms with Crippen LogP contribution in [0, 0.1) is 0 Å². The first-order chi connectivity index (χ1) is 13.2. The second kappa shape index (κ2) is 5.03. The average Bonchev–Trinajstić information content (AvgIpc) is 3.43. The van der Waals surface area contributed by atoms with Crippen molar-refractivity contribution in [2.75, 3.05) is 7.05 Å². The molecular formula is C22H18N2O3. The van der Waals surface area contributed by atoms with Gasteiger partial charge >= 0.3 is 0 Å². The Bertz CT molecular complexity index is 1110. The van der Waals surface area contributed by atoms with Gasteiger partial charge in [-0.3, -0.25) is 4.57 Å². The van der Waals surface area contributed by atoms with Crippen LogP contribution in [0.5, 0.6) is 11.8 Å². The first kappa shape index (κ1) is 15.1. The van der Waals surface area contributed by atoms with Crippen LogP contribution in [-0.2, 0) is 4.74 Å². The Hall–Kier alpha value is -3.02. The van der Waals surface area contributed by atoms with Gasteiger partial charge in [-0.2, -0.15) is 0 Å². The van der Waals surface area contributed by atoms with Gasteiger partial charge < -0.3 is 20.3 Å². The van der Waals surface area contributed by atoms with Gasteiger partial charge in [-0.05, 0) is 41.4 Å². The van der Waals surface area contributed by atoms with Crippen LogP contribution < -0.4 is 5.32 Å². The lowest BCUT2D eigenvalue weighted by Gasteiger charge is -2.14. The third kappa shape index (κ3) is 1.75. The van der Waals surface area contributed by atoms with E-state index in [1.165, 1.54) is 21.3 Å². The van der Waals surface area contributed by atoms with Crippen molar-refractivity contribution in [2.45, 2.75) is 18.2 Å². The summed E-state index contributed by atoms with van der Waals surface area (Å²) in [7, 11) is 1.96. The normalized spacial score (nSPS) is 23.5. The van der Waals surface area contributed by atoms with Crippen LogP contribution in [0.25, 0.3) is 16.8 Å². The summed E-state index contributed by atoms with van der Waals surface area (Å²) in [5, 5.41) is 25.0. The number of hydrogen-bond acceptors (Lipinski definition) is 4. The van der Waals surface area contributed by atoms with Crippen molar-refractivity contribution in [1.29, 1.82) is 0 Å². The number of aromatic hydroxyl groups is 2. The molecule has 0 spiro atoms. The number of nitrogens with zero attached hydrogens (tertiary/aromatic N) is 1. The van der Waals surface area contributed by atoms with Crippen molar-refractivity contribution >= 4 is 0 Å². The lowest BCUT2D eigenvalue weighted by Crippen LogP contribution is -2.14. The molecule has 134 valence electrons. The van der Waals surface area contributed by atoms with E-state index in [4.69, 9.17) is 4.74 Å². The topological polar surface area (TPSA) is 66.7 Å². The molecule has 3 atom stereocenters. The Morgan fingerprint density at radius 3 is 2.26 bits per heavy atom. The highest BCUT2D eigenvalue weighted by Gasteiger charge is 2.42. The van der Waals surface area contributed by atoms with Gasteiger partial charge in [0, 0.05) is 0 Å². The highest BCUT2D eigenvalue weighted by Crippen LogP contribution is 2.55. The molecule has 0 saturated carbocycles. The highest BCUT2D eigenvalue weighted by atomic mass is 16.5. The molecule has 3 aliphatic rings. The summed E-state index contributed by atoms with van der Waals surface area (Å²) in [5.41, 5.74) is 6.83. The molecule has 1 aliphatic carbocycles. The Labute approximate surface area is 156 Å². The summed E-state index contributed by atoms with van der Waals surface area (Å²) < 4.78 is 7.26. The second-order valence-electron chi connectivity index (χ2n) is 7.25. The number of aromatic nitrogens is 1. The Kier molecular flexibility index (Phi) is 2.81. The lowest BCUT2D eigenvalue weighted by atomic mass is 10.0. The molecule has 0 fully saturated rings. The monoisotopic (exact) mass is 358 g/mol. The molecule has 3 aromatic rings. The molecule has 0 saturated heterocycles. The van der Waals surface area contributed by atoms with Crippen molar-refractivity contribution in [3.63, 3.8) is 0 Å². The van der Waals surface area contributed by atoms with Gasteiger partial charge in [0.2, 0.25) is 11.8 Å². The van der Waals surface area contributed by atoms with E-state index < -0.39 is 0 Å². The van der Waals surface area contributed by atoms with Crippen molar-refractivity contribution in [1.82, 2.24) is 9.88 Å². The lowest BCUT2D eigenvalue weighted by molar-refractivity contribution is 0.0842. The third-order valence-electron chi connectivity index (χ3n) is 5.98. The van der Waals surface area contributed by atoms with Gasteiger partial charge in [0.05, 0.1) is 22.9 Å². The van der Waals surface area contributed by atoms with Gasteiger partial charge in [0.25, 0.3) is 0 Å².